The van der Waals surface area contributed by atoms with Gasteiger partial charge in [-0.1, -0.05) is 13.0 Å². The van der Waals surface area contributed by atoms with Gasteiger partial charge in [0.1, 0.15) is 0 Å². The first-order valence-corrected chi connectivity index (χ1v) is 7.37. The molecule has 18 heavy (non-hydrogen) atoms. The first-order valence-electron chi connectivity index (χ1n) is 6.49. The molecule has 2 N–H and O–H groups in total. The predicted molar refractivity (Wildman–Crippen MR) is 74.4 cm³/mol. The Labute approximate surface area is 112 Å². The van der Waals surface area contributed by atoms with Gasteiger partial charge in [-0.15, -0.1) is 11.3 Å². The summed E-state index contributed by atoms with van der Waals surface area (Å²) in [5.41, 5.74) is 5.79. The van der Waals surface area contributed by atoms with E-state index in [-0.39, 0.29) is 11.9 Å². The van der Waals surface area contributed by atoms with Crippen LogP contribution in [0.5, 0.6) is 0 Å². The molecule has 0 unspecified atom stereocenters. The van der Waals surface area contributed by atoms with Crippen LogP contribution < -0.4 is 5.73 Å². The molecule has 1 aliphatic rings. The lowest BCUT2D eigenvalue weighted by Gasteiger charge is -2.35. The number of rotatable bonds is 4. The van der Waals surface area contributed by atoms with Crippen molar-refractivity contribution in [1.29, 1.82) is 0 Å². The summed E-state index contributed by atoms with van der Waals surface area (Å²) in [6.07, 6.45) is 0.717. The van der Waals surface area contributed by atoms with Crippen molar-refractivity contribution in [3.63, 3.8) is 0 Å². The largest absolute Gasteiger partial charge is 0.339 e. The smallest absolute Gasteiger partial charge is 0.239 e. The summed E-state index contributed by atoms with van der Waals surface area (Å²) in [5.74, 6) is 0.105. The monoisotopic (exact) mass is 267 g/mol. The molecule has 0 radical (unpaired) electrons. The van der Waals surface area contributed by atoms with Gasteiger partial charge in [-0.05, 0) is 17.9 Å². The molecule has 1 aromatic heterocycles. The first kappa shape index (κ1) is 13.5. The van der Waals surface area contributed by atoms with Crippen LogP contribution in [-0.4, -0.2) is 47.9 Å². The van der Waals surface area contributed by atoms with Crippen LogP contribution in [0.25, 0.3) is 0 Å². The highest BCUT2D eigenvalue weighted by Crippen LogP contribution is 2.13. The zero-order chi connectivity index (χ0) is 13.0. The van der Waals surface area contributed by atoms with Gasteiger partial charge in [0.05, 0.1) is 6.04 Å². The molecule has 2 heterocycles. The Kier molecular flexibility index (Phi) is 4.74. The van der Waals surface area contributed by atoms with Crippen molar-refractivity contribution >= 4 is 17.2 Å². The number of carbonyl (C=O) groups excluding carboxylic acids is 1. The van der Waals surface area contributed by atoms with Crippen molar-refractivity contribution in [2.24, 2.45) is 5.73 Å². The molecule has 1 fully saturated rings. The average molecular weight is 267 g/mol. The van der Waals surface area contributed by atoms with Crippen LogP contribution in [-0.2, 0) is 11.3 Å². The van der Waals surface area contributed by atoms with E-state index in [9.17, 15) is 4.79 Å². The molecular weight excluding hydrogens is 246 g/mol. The Morgan fingerprint density at radius 2 is 2.17 bits per heavy atom. The zero-order valence-electron chi connectivity index (χ0n) is 10.8. The van der Waals surface area contributed by atoms with Crippen LogP contribution in [0, 0.1) is 0 Å². The Morgan fingerprint density at radius 3 is 2.72 bits per heavy atom. The van der Waals surface area contributed by atoms with Gasteiger partial charge in [-0.2, -0.15) is 0 Å². The van der Waals surface area contributed by atoms with E-state index in [4.69, 9.17) is 5.73 Å². The van der Waals surface area contributed by atoms with E-state index < -0.39 is 0 Å². The Balaban J connectivity index is 1.79. The zero-order valence-corrected chi connectivity index (χ0v) is 11.7. The maximum absolute atomic E-state index is 11.9. The fourth-order valence-corrected chi connectivity index (χ4v) is 2.90. The fraction of sp³-hybridized carbons (Fsp3) is 0.615. The van der Waals surface area contributed by atoms with E-state index in [0.29, 0.717) is 6.42 Å². The number of carbonyl (C=O) groups is 1. The summed E-state index contributed by atoms with van der Waals surface area (Å²) in [6.45, 7) is 6.45. The SMILES string of the molecule is CC[C@H](N)C(=O)N1CCN(Cc2cccs2)CC1. The summed E-state index contributed by atoms with van der Waals surface area (Å²) in [5, 5.41) is 2.11. The molecule has 0 spiro atoms. The third-order valence-corrected chi connectivity index (χ3v) is 4.26. The second-order valence-electron chi connectivity index (χ2n) is 4.70. The number of thiophene rings is 1. The minimum Gasteiger partial charge on any atom is -0.339 e. The highest BCUT2D eigenvalue weighted by Gasteiger charge is 2.24. The van der Waals surface area contributed by atoms with Gasteiger partial charge in [-0.3, -0.25) is 9.69 Å². The van der Waals surface area contributed by atoms with Crippen LogP contribution in [0.2, 0.25) is 0 Å². The maximum atomic E-state index is 11.9. The number of amides is 1. The summed E-state index contributed by atoms with van der Waals surface area (Å²) >= 11 is 1.79. The molecule has 0 bridgehead atoms. The first-order chi connectivity index (χ1) is 8.70. The predicted octanol–water partition coefficient (Wildman–Crippen LogP) is 1.13. The topological polar surface area (TPSA) is 49.6 Å². The van der Waals surface area contributed by atoms with Gasteiger partial charge in [0, 0.05) is 37.6 Å². The molecule has 1 saturated heterocycles. The lowest BCUT2D eigenvalue weighted by Crippen LogP contribution is -2.52. The Bertz CT molecular complexity index is 372. The molecule has 4 nitrogen and oxygen atoms in total. The van der Waals surface area contributed by atoms with Crippen molar-refractivity contribution in [3.05, 3.63) is 22.4 Å². The molecule has 100 valence electrons. The minimum atomic E-state index is -0.325. The van der Waals surface area contributed by atoms with E-state index in [0.717, 1.165) is 32.7 Å². The Hall–Kier alpha value is -0.910. The molecular formula is C13H21N3OS. The molecule has 1 aromatic rings. The van der Waals surface area contributed by atoms with E-state index in [1.54, 1.807) is 11.3 Å². The second kappa shape index (κ2) is 6.31. The average Bonchev–Trinajstić information content (AvgIpc) is 2.91. The molecule has 1 amide bonds. The highest BCUT2D eigenvalue weighted by atomic mass is 32.1. The van der Waals surface area contributed by atoms with Gasteiger partial charge < -0.3 is 10.6 Å². The van der Waals surface area contributed by atoms with Crippen LogP contribution >= 0.6 is 11.3 Å². The minimum absolute atomic E-state index is 0.105. The molecule has 0 aliphatic carbocycles. The number of nitrogens with zero attached hydrogens (tertiary/aromatic N) is 2. The second-order valence-corrected chi connectivity index (χ2v) is 5.73. The molecule has 0 aromatic carbocycles. The van der Waals surface area contributed by atoms with Crippen LogP contribution in [0.4, 0.5) is 0 Å². The van der Waals surface area contributed by atoms with Crippen LogP contribution in [0.1, 0.15) is 18.2 Å². The lowest BCUT2D eigenvalue weighted by molar-refractivity contribution is -0.134. The maximum Gasteiger partial charge on any atom is 0.239 e. The third-order valence-electron chi connectivity index (χ3n) is 3.40. The Morgan fingerprint density at radius 1 is 1.44 bits per heavy atom. The lowest BCUT2D eigenvalue weighted by atomic mass is 10.2. The van der Waals surface area contributed by atoms with E-state index in [1.165, 1.54) is 4.88 Å². The van der Waals surface area contributed by atoms with Gasteiger partial charge in [0.25, 0.3) is 0 Å². The standard InChI is InChI=1S/C13H21N3OS/c1-2-12(14)13(17)16-7-5-15(6-8-16)10-11-4-3-9-18-11/h3-4,9,12H,2,5-8,10,14H2,1H3/t12-/m0/s1. The number of piperazine rings is 1. The van der Waals surface area contributed by atoms with Gasteiger partial charge in [-0.25, -0.2) is 0 Å². The molecule has 1 atom stereocenters. The normalized spacial score (nSPS) is 18.9. The summed E-state index contributed by atoms with van der Waals surface area (Å²) in [4.78, 5) is 17.6. The molecule has 1 aliphatic heterocycles. The van der Waals surface area contributed by atoms with Crippen molar-refractivity contribution in [3.8, 4) is 0 Å². The number of nitrogens with two attached hydrogens (primary N) is 1. The quantitative estimate of drug-likeness (QED) is 0.889. The van der Waals surface area contributed by atoms with E-state index >= 15 is 0 Å². The van der Waals surface area contributed by atoms with Gasteiger partial charge >= 0.3 is 0 Å². The van der Waals surface area contributed by atoms with Crippen molar-refractivity contribution in [2.45, 2.75) is 25.9 Å². The highest BCUT2D eigenvalue weighted by molar-refractivity contribution is 7.09. The van der Waals surface area contributed by atoms with E-state index in [1.807, 2.05) is 11.8 Å². The third kappa shape index (κ3) is 3.31. The fourth-order valence-electron chi connectivity index (χ4n) is 2.16. The summed E-state index contributed by atoms with van der Waals surface area (Å²) < 4.78 is 0. The van der Waals surface area contributed by atoms with Crippen molar-refractivity contribution < 1.29 is 4.79 Å². The van der Waals surface area contributed by atoms with Crippen LogP contribution in [0.3, 0.4) is 0 Å². The summed E-state index contributed by atoms with van der Waals surface area (Å²) in [7, 11) is 0. The number of hydrogen-bond acceptors (Lipinski definition) is 4. The van der Waals surface area contributed by atoms with Crippen molar-refractivity contribution in [1.82, 2.24) is 9.80 Å². The van der Waals surface area contributed by atoms with E-state index in [2.05, 4.69) is 22.4 Å². The molecule has 5 heteroatoms. The van der Waals surface area contributed by atoms with Crippen molar-refractivity contribution in [2.75, 3.05) is 26.2 Å². The van der Waals surface area contributed by atoms with Gasteiger partial charge in [0.2, 0.25) is 5.91 Å². The molecule has 0 saturated carbocycles. The summed E-state index contributed by atoms with van der Waals surface area (Å²) in [6, 6.07) is 3.92. The molecule has 2 rings (SSSR count). The number of hydrogen-bond donors (Lipinski definition) is 1. The van der Waals surface area contributed by atoms with Crippen LogP contribution in [0.15, 0.2) is 17.5 Å². The van der Waals surface area contributed by atoms with Gasteiger partial charge in [0.15, 0.2) is 0 Å².